The summed E-state index contributed by atoms with van der Waals surface area (Å²) in [4.78, 5) is 42.7. The van der Waals surface area contributed by atoms with Gasteiger partial charge in [0.25, 0.3) is 0 Å². The fourth-order valence-corrected chi connectivity index (χ4v) is 8.14. The van der Waals surface area contributed by atoms with Gasteiger partial charge in [-0.1, -0.05) is 26.8 Å². The highest BCUT2D eigenvalue weighted by Gasteiger charge is 2.82. The fourth-order valence-electron chi connectivity index (χ4n) is 8.14. The molecule has 0 aromatic heterocycles. The molecule has 4 fully saturated rings. The lowest BCUT2D eigenvalue weighted by molar-refractivity contribution is -0.371. The lowest BCUT2D eigenvalue weighted by Crippen LogP contribution is -2.87. The zero-order chi connectivity index (χ0) is 30.4. The standard InChI is InChI=1S/C30H47NO10/c1-8-27(4)17-20(33)30(36)28(5)19(32)9-11-26(2,3)24(28)23(25(29(30,6)41-27)40-22(35)18-37-7)39-21(34)10-12-31-13-15-38-16-14-31/h8,19,23-25,32,36H,1,9-18H2,2-7H3/t19-,23-,24-,25-,27-,28-,29+,30-/m0/s1. The van der Waals surface area contributed by atoms with Crippen molar-refractivity contribution in [3.05, 3.63) is 12.7 Å². The van der Waals surface area contributed by atoms with E-state index >= 15 is 0 Å². The quantitative estimate of drug-likeness (QED) is 0.318. The first-order chi connectivity index (χ1) is 19.1. The number of hydrogen-bond acceptors (Lipinski definition) is 11. The Labute approximate surface area is 242 Å². The van der Waals surface area contributed by atoms with Gasteiger partial charge in [-0.15, -0.1) is 6.58 Å². The number of aliphatic hydroxyl groups excluding tert-OH is 1. The van der Waals surface area contributed by atoms with Crippen molar-refractivity contribution >= 4 is 17.7 Å². The first-order valence-electron chi connectivity index (χ1n) is 14.5. The Balaban J connectivity index is 1.84. The monoisotopic (exact) mass is 581 g/mol. The third-order valence-electron chi connectivity index (χ3n) is 10.2. The van der Waals surface area contributed by atoms with E-state index in [1.807, 2.05) is 13.8 Å². The molecule has 2 saturated heterocycles. The second-order valence-electron chi connectivity index (χ2n) is 13.3. The van der Waals surface area contributed by atoms with Crippen molar-refractivity contribution in [2.75, 3.05) is 46.6 Å². The number of fused-ring (bicyclic) bond motifs is 3. The van der Waals surface area contributed by atoms with Crippen molar-refractivity contribution in [2.45, 2.75) is 95.4 Å². The summed E-state index contributed by atoms with van der Waals surface area (Å²) < 4.78 is 29.1. The first kappa shape index (κ1) is 32.0. The molecule has 8 atom stereocenters. The average molecular weight is 582 g/mol. The molecule has 2 heterocycles. The summed E-state index contributed by atoms with van der Waals surface area (Å²) in [5.41, 5.74) is -7.57. The summed E-state index contributed by atoms with van der Waals surface area (Å²) in [5, 5.41) is 24.3. The van der Waals surface area contributed by atoms with E-state index in [1.54, 1.807) is 13.8 Å². The van der Waals surface area contributed by atoms with Gasteiger partial charge in [0.2, 0.25) is 0 Å². The van der Waals surface area contributed by atoms with Crippen LogP contribution in [-0.2, 0) is 38.1 Å². The normalized spacial score (nSPS) is 42.5. The second kappa shape index (κ2) is 11.3. The third kappa shape index (κ3) is 5.16. The Bertz CT molecular complexity index is 1040. The maximum Gasteiger partial charge on any atom is 0.332 e. The van der Waals surface area contributed by atoms with E-state index < -0.39 is 76.2 Å². The minimum Gasteiger partial charge on any atom is -0.458 e. The van der Waals surface area contributed by atoms with Crippen LogP contribution in [0.5, 0.6) is 0 Å². The van der Waals surface area contributed by atoms with Gasteiger partial charge in [0, 0.05) is 44.5 Å². The predicted molar refractivity (Wildman–Crippen MR) is 147 cm³/mol. The van der Waals surface area contributed by atoms with E-state index in [0.717, 1.165) is 0 Å². The number of hydrogen-bond donors (Lipinski definition) is 2. The molecule has 0 unspecified atom stereocenters. The number of esters is 2. The molecule has 41 heavy (non-hydrogen) atoms. The minimum absolute atomic E-state index is 0.0762. The van der Waals surface area contributed by atoms with Gasteiger partial charge in [-0.3, -0.25) is 14.5 Å². The molecule has 11 heteroatoms. The van der Waals surface area contributed by atoms with Gasteiger partial charge in [-0.25, -0.2) is 4.79 Å². The van der Waals surface area contributed by atoms with Gasteiger partial charge in [0.05, 0.1) is 31.3 Å². The number of Topliss-reactive ketones (excluding diaryl/α,β-unsaturated/α-hetero) is 1. The zero-order valence-corrected chi connectivity index (χ0v) is 25.3. The van der Waals surface area contributed by atoms with Crippen molar-refractivity contribution in [1.29, 1.82) is 0 Å². The SMILES string of the molecule is C=C[C@@]1(C)CC(=O)[C@]2(O)[C@@]3(C)[C@@H](O)CCC(C)(C)[C@@H]3[C@H](OC(=O)CCN3CCOCC3)[C@H](OC(=O)COC)[C@@]2(C)O1. The van der Waals surface area contributed by atoms with Crippen LogP contribution in [0.3, 0.4) is 0 Å². The van der Waals surface area contributed by atoms with Crippen molar-refractivity contribution in [1.82, 2.24) is 4.90 Å². The summed E-state index contributed by atoms with van der Waals surface area (Å²) in [6.45, 7) is 15.2. The van der Waals surface area contributed by atoms with Gasteiger partial charge in [0.1, 0.15) is 18.3 Å². The van der Waals surface area contributed by atoms with Gasteiger partial charge in [-0.2, -0.15) is 0 Å². The summed E-state index contributed by atoms with van der Waals surface area (Å²) in [6.07, 6.45) is -1.47. The Kier molecular flexibility index (Phi) is 8.84. The molecule has 11 nitrogen and oxygen atoms in total. The Morgan fingerprint density at radius 2 is 1.78 bits per heavy atom. The van der Waals surface area contributed by atoms with Crippen LogP contribution in [0.2, 0.25) is 0 Å². The van der Waals surface area contributed by atoms with E-state index in [9.17, 15) is 24.6 Å². The van der Waals surface area contributed by atoms with Crippen LogP contribution in [0.25, 0.3) is 0 Å². The van der Waals surface area contributed by atoms with Crippen LogP contribution in [0.4, 0.5) is 0 Å². The third-order valence-corrected chi connectivity index (χ3v) is 10.2. The summed E-state index contributed by atoms with van der Waals surface area (Å²) in [6, 6.07) is 0. The molecule has 0 aromatic rings. The minimum atomic E-state index is -2.29. The van der Waals surface area contributed by atoms with Crippen molar-refractivity contribution < 1.29 is 48.3 Å². The molecule has 0 radical (unpaired) electrons. The molecule has 4 aliphatic rings. The highest BCUT2D eigenvalue weighted by molar-refractivity contribution is 5.92. The smallest absolute Gasteiger partial charge is 0.332 e. The van der Waals surface area contributed by atoms with E-state index in [0.29, 0.717) is 45.7 Å². The number of carbonyl (C=O) groups is 3. The molecule has 2 aliphatic carbocycles. The molecular weight excluding hydrogens is 534 g/mol. The number of nitrogens with zero attached hydrogens (tertiary/aromatic N) is 1. The van der Waals surface area contributed by atoms with Crippen LogP contribution in [0.15, 0.2) is 12.7 Å². The highest BCUT2D eigenvalue weighted by atomic mass is 16.6. The molecule has 2 N–H and O–H groups in total. The second-order valence-corrected chi connectivity index (χ2v) is 13.3. The van der Waals surface area contributed by atoms with Crippen LogP contribution < -0.4 is 0 Å². The van der Waals surface area contributed by atoms with Gasteiger partial charge >= 0.3 is 11.9 Å². The van der Waals surface area contributed by atoms with Crippen molar-refractivity contribution in [3.8, 4) is 0 Å². The number of carbonyl (C=O) groups excluding carboxylic acids is 3. The molecule has 0 aromatic carbocycles. The maximum absolute atomic E-state index is 14.1. The van der Waals surface area contributed by atoms with E-state index in [-0.39, 0.29) is 12.8 Å². The lowest BCUT2D eigenvalue weighted by atomic mass is 9.39. The summed E-state index contributed by atoms with van der Waals surface area (Å²) >= 11 is 0. The molecule has 0 spiro atoms. The number of rotatable bonds is 8. The van der Waals surface area contributed by atoms with Crippen molar-refractivity contribution in [2.24, 2.45) is 16.7 Å². The largest absolute Gasteiger partial charge is 0.458 e. The molecule has 4 rings (SSSR count). The van der Waals surface area contributed by atoms with Crippen molar-refractivity contribution in [3.63, 3.8) is 0 Å². The molecule has 232 valence electrons. The zero-order valence-electron chi connectivity index (χ0n) is 25.3. The molecule has 0 amide bonds. The molecular formula is C30H47NO10. The molecule has 0 bridgehead atoms. The number of ether oxygens (including phenoxy) is 5. The highest BCUT2D eigenvalue weighted by Crippen LogP contribution is 2.67. The Morgan fingerprint density at radius 3 is 2.39 bits per heavy atom. The number of ketones is 1. The number of morpholine rings is 1. The maximum atomic E-state index is 14.1. The van der Waals surface area contributed by atoms with E-state index in [2.05, 4.69) is 11.5 Å². The van der Waals surface area contributed by atoms with Gasteiger partial charge < -0.3 is 33.9 Å². The van der Waals surface area contributed by atoms with Crippen LogP contribution in [0.1, 0.15) is 60.3 Å². The van der Waals surface area contributed by atoms with E-state index in [1.165, 1.54) is 20.1 Å². The Hall–Kier alpha value is -1.89. The van der Waals surface area contributed by atoms with E-state index in [4.69, 9.17) is 23.7 Å². The summed E-state index contributed by atoms with van der Waals surface area (Å²) in [5.74, 6) is -2.61. The van der Waals surface area contributed by atoms with Crippen LogP contribution in [-0.4, -0.2) is 115 Å². The Morgan fingerprint density at radius 1 is 1.12 bits per heavy atom. The number of methoxy groups -OCH3 is 1. The fraction of sp³-hybridized carbons (Fsp3) is 0.833. The topological polar surface area (TPSA) is 141 Å². The average Bonchev–Trinajstić information content (AvgIpc) is 2.91. The van der Waals surface area contributed by atoms with Crippen LogP contribution in [0, 0.1) is 16.7 Å². The first-order valence-corrected chi connectivity index (χ1v) is 14.5. The van der Waals surface area contributed by atoms with Gasteiger partial charge in [-0.05, 0) is 32.1 Å². The van der Waals surface area contributed by atoms with Gasteiger partial charge in [0.15, 0.2) is 17.5 Å². The number of aliphatic hydroxyl groups is 2. The lowest BCUT2D eigenvalue weighted by Gasteiger charge is -2.71. The predicted octanol–water partition coefficient (Wildman–Crippen LogP) is 1.42. The molecule has 2 aliphatic heterocycles. The molecule has 2 saturated carbocycles. The van der Waals surface area contributed by atoms with Crippen LogP contribution >= 0.6 is 0 Å². The summed E-state index contributed by atoms with van der Waals surface area (Å²) in [7, 11) is 1.34.